The van der Waals surface area contributed by atoms with Crippen LogP contribution in [0, 0.1) is 0 Å². The lowest BCUT2D eigenvalue weighted by Crippen LogP contribution is -2.57. The first-order valence-corrected chi connectivity index (χ1v) is 15.5. The standard InChI is InChI=1S/C42H25BO2/c1-2-14-27-26(12-1)13-11-19-28(27)39-29-15-3-5-17-31(29)40(32-18-6-4-16-30(32)39)33-24-25-38-41-42(33)45-37-23-10-8-21-35(37)43(41)34-20-7-9-22-36(34)44-38/h1-25H. The molecule has 10 rings (SSSR count). The van der Waals surface area contributed by atoms with Crippen molar-refractivity contribution in [3.8, 4) is 45.3 Å². The predicted octanol–water partition coefficient (Wildman–Crippen LogP) is 9.21. The number of fused-ring (bicyclic) bond motifs is 7. The van der Waals surface area contributed by atoms with E-state index in [0.717, 1.165) is 34.0 Å². The molecule has 0 amide bonds. The summed E-state index contributed by atoms with van der Waals surface area (Å²) in [5.74, 6) is 3.53. The molecule has 8 aromatic carbocycles. The molecule has 3 heteroatoms. The zero-order valence-electron chi connectivity index (χ0n) is 24.3. The van der Waals surface area contributed by atoms with Gasteiger partial charge >= 0.3 is 0 Å². The minimum Gasteiger partial charge on any atom is -0.458 e. The molecule has 0 spiro atoms. The third-order valence-electron chi connectivity index (χ3n) is 9.60. The molecular formula is C42H25BO2. The van der Waals surface area contributed by atoms with Gasteiger partial charge in [0.2, 0.25) is 0 Å². The van der Waals surface area contributed by atoms with Gasteiger partial charge in [0.1, 0.15) is 23.0 Å². The highest BCUT2D eigenvalue weighted by molar-refractivity contribution is 6.98. The van der Waals surface area contributed by atoms with Crippen LogP contribution in [0.1, 0.15) is 0 Å². The summed E-state index contributed by atoms with van der Waals surface area (Å²) in [5, 5.41) is 7.34. The smallest absolute Gasteiger partial charge is 0.260 e. The number of ether oxygens (including phenoxy) is 2. The predicted molar refractivity (Wildman–Crippen MR) is 188 cm³/mol. The topological polar surface area (TPSA) is 18.5 Å². The van der Waals surface area contributed by atoms with Crippen molar-refractivity contribution in [1.82, 2.24) is 0 Å². The molecule has 0 saturated carbocycles. The summed E-state index contributed by atoms with van der Waals surface area (Å²) >= 11 is 0. The minimum absolute atomic E-state index is 0.0253. The van der Waals surface area contributed by atoms with Gasteiger partial charge < -0.3 is 9.47 Å². The van der Waals surface area contributed by atoms with E-state index in [4.69, 9.17) is 9.47 Å². The highest BCUT2D eigenvalue weighted by atomic mass is 16.5. The van der Waals surface area contributed by atoms with Gasteiger partial charge in [-0.2, -0.15) is 0 Å². The molecule has 0 aliphatic carbocycles. The number of rotatable bonds is 2. The van der Waals surface area contributed by atoms with Crippen LogP contribution in [0.5, 0.6) is 23.0 Å². The molecule has 0 bridgehead atoms. The second-order valence-corrected chi connectivity index (χ2v) is 11.9. The second kappa shape index (κ2) is 9.35. The van der Waals surface area contributed by atoms with Gasteiger partial charge in [0.25, 0.3) is 6.71 Å². The van der Waals surface area contributed by atoms with Crippen LogP contribution < -0.4 is 25.9 Å². The minimum atomic E-state index is 0.0253. The zero-order valence-corrected chi connectivity index (χ0v) is 24.3. The van der Waals surface area contributed by atoms with Gasteiger partial charge in [-0.05, 0) is 78.6 Å². The fourth-order valence-corrected chi connectivity index (χ4v) is 7.73. The summed E-state index contributed by atoms with van der Waals surface area (Å²) in [7, 11) is 0. The van der Waals surface area contributed by atoms with Gasteiger partial charge in [-0.1, -0.05) is 127 Å². The van der Waals surface area contributed by atoms with Crippen molar-refractivity contribution in [3.63, 3.8) is 0 Å². The van der Waals surface area contributed by atoms with Gasteiger partial charge in [0.05, 0.1) is 0 Å². The van der Waals surface area contributed by atoms with Crippen molar-refractivity contribution in [3.05, 3.63) is 152 Å². The van der Waals surface area contributed by atoms with E-state index in [-0.39, 0.29) is 6.71 Å². The summed E-state index contributed by atoms with van der Waals surface area (Å²) in [5.41, 5.74) is 8.19. The Morgan fingerprint density at radius 2 is 0.867 bits per heavy atom. The van der Waals surface area contributed by atoms with Crippen LogP contribution in [0.2, 0.25) is 0 Å². The molecule has 0 fully saturated rings. The molecule has 2 aliphatic rings. The summed E-state index contributed by atoms with van der Waals surface area (Å²) in [6.07, 6.45) is 0. The maximum Gasteiger partial charge on any atom is 0.260 e. The summed E-state index contributed by atoms with van der Waals surface area (Å²) in [6.45, 7) is 0.0253. The lowest BCUT2D eigenvalue weighted by molar-refractivity contribution is 0.465. The Morgan fingerprint density at radius 1 is 0.356 bits per heavy atom. The van der Waals surface area contributed by atoms with Crippen molar-refractivity contribution >= 4 is 55.4 Å². The first kappa shape index (κ1) is 24.6. The van der Waals surface area contributed by atoms with Crippen molar-refractivity contribution in [1.29, 1.82) is 0 Å². The molecule has 0 aromatic heterocycles. The first-order valence-electron chi connectivity index (χ1n) is 15.5. The summed E-state index contributed by atoms with van der Waals surface area (Å²) < 4.78 is 13.5. The largest absolute Gasteiger partial charge is 0.458 e. The molecule has 0 unspecified atom stereocenters. The molecule has 2 aliphatic heterocycles. The number of para-hydroxylation sites is 2. The van der Waals surface area contributed by atoms with E-state index in [1.807, 2.05) is 6.07 Å². The lowest BCUT2D eigenvalue weighted by Gasteiger charge is -2.34. The Labute approximate surface area is 261 Å². The van der Waals surface area contributed by atoms with Crippen molar-refractivity contribution in [2.75, 3.05) is 0 Å². The van der Waals surface area contributed by atoms with Gasteiger partial charge in [-0.3, -0.25) is 0 Å². The normalized spacial score (nSPS) is 12.8. The van der Waals surface area contributed by atoms with Crippen molar-refractivity contribution in [2.24, 2.45) is 0 Å². The molecular weight excluding hydrogens is 547 g/mol. The Morgan fingerprint density at radius 3 is 1.53 bits per heavy atom. The molecule has 2 heterocycles. The Bertz CT molecular complexity index is 2440. The van der Waals surface area contributed by atoms with E-state index >= 15 is 0 Å². The molecule has 8 aromatic rings. The Balaban J connectivity index is 1.32. The Kier molecular flexibility index (Phi) is 5.12. The van der Waals surface area contributed by atoms with Crippen LogP contribution in [0.4, 0.5) is 0 Å². The van der Waals surface area contributed by atoms with Crippen LogP contribution >= 0.6 is 0 Å². The quantitative estimate of drug-likeness (QED) is 0.152. The third kappa shape index (κ3) is 3.47. The van der Waals surface area contributed by atoms with Crippen LogP contribution in [0.15, 0.2) is 152 Å². The molecule has 45 heavy (non-hydrogen) atoms. The first-order chi connectivity index (χ1) is 22.3. The fourth-order valence-electron chi connectivity index (χ4n) is 7.73. The molecule has 0 radical (unpaired) electrons. The number of hydrogen-bond donors (Lipinski definition) is 0. The van der Waals surface area contributed by atoms with Crippen LogP contribution in [0.25, 0.3) is 54.6 Å². The molecule has 2 nitrogen and oxygen atoms in total. The monoisotopic (exact) mass is 572 g/mol. The van der Waals surface area contributed by atoms with E-state index < -0.39 is 0 Å². The van der Waals surface area contributed by atoms with Gasteiger partial charge in [0, 0.05) is 16.6 Å². The fraction of sp³-hybridized carbons (Fsp3) is 0. The van der Waals surface area contributed by atoms with Crippen molar-refractivity contribution in [2.45, 2.75) is 0 Å². The SMILES string of the molecule is c1ccc2c(c1)Oc1ccc(-c3c4ccccc4c(-c4cccc5ccccc45)c4ccccc34)c3c1B2c1ccccc1O3. The summed E-state index contributed by atoms with van der Waals surface area (Å²) in [4.78, 5) is 0. The van der Waals surface area contributed by atoms with Crippen LogP contribution in [0.3, 0.4) is 0 Å². The lowest BCUT2D eigenvalue weighted by atomic mass is 9.34. The Hall–Kier alpha value is -5.80. The van der Waals surface area contributed by atoms with Gasteiger partial charge in [-0.25, -0.2) is 0 Å². The van der Waals surface area contributed by atoms with E-state index in [1.54, 1.807) is 0 Å². The number of hydrogen-bond acceptors (Lipinski definition) is 2. The highest BCUT2D eigenvalue weighted by Crippen LogP contribution is 2.49. The van der Waals surface area contributed by atoms with E-state index in [1.165, 1.54) is 59.9 Å². The zero-order chi connectivity index (χ0) is 29.5. The number of benzene rings is 8. The van der Waals surface area contributed by atoms with E-state index in [9.17, 15) is 0 Å². The van der Waals surface area contributed by atoms with E-state index in [2.05, 4.69) is 146 Å². The summed E-state index contributed by atoms with van der Waals surface area (Å²) in [6, 6.07) is 54.1. The molecule has 0 N–H and O–H groups in total. The van der Waals surface area contributed by atoms with E-state index in [0.29, 0.717) is 0 Å². The molecule has 0 saturated heterocycles. The maximum atomic E-state index is 6.92. The van der Waals surface area contributed by atoms with Crippen LogP contribution in [-0.2, 0) is 0 Å². The van der Waals surface area contributed by atoms with Gasteiger partial charge in [0.15, 0.2) is 0 Å². The highest BCUT2D eigenvalue weighted by Gasteiger charge is 2.41. The average molecular weight is 572 g/mol. The van der Waals surface area contributed by atoms with Gasteiger partial charge in [-0.15, -0.1) is 0 Å². The van der Waals surface area contributed by atoms with Crippen LogP contribution in [-0.4, -0.2) is 6.71 Å². The maximum absolute atomic E-state index is 6.92. The third-order valence-corrected chi connectivity index (χ3v) is 9.60. The molecule has 0 atom stereocenters. The second-order valence-electron chi connectivity index (χ2n) is 11.9. The molecule has 208 valence electrons. The average Bonchev–Trinajstić information content (AvgIpc) is 3.10. The van der Waals surface area contributed by atoms with Crippen molar-refractivity contribution < 1.29 is 9.47 Å².